The van der Waals surface area contributed by atoms with Crippen molar-refractivity contribution in [3.63, 3.8) is 0 Å². The van der Waals surface area contributed by atoms with Crippen molar-refractivity contribution in [1.29, 1.82) is 0 Å². The van der Waals surface area contributed by atoms with Crippen molar-refractivity contribution in [2.75, 3.05) is 52.9 Å². The van der Waals surface area contributed by atoms with E-state index in [2.05, 4.69) is 305 Å². The van der Waals surface area contributed by atoms with Crippen LogP contribution in [-0.4, -0.2) is 52.9 Å². The van der Waals surface area contributed by atoms with E-state index >= 15 is 0 Å². The fourth-order valence-electron chi connectivity index (χ4n) is 16.5. The van der Waals surface area contributed by atoms with E-state index in [1.54, 1.807) is 0 Å². The Hall–Kier alpha value is -7.84. The zero-order valence-electron chi connectivity index (χ0n) is 79.5. The summed E-state index contributed by atoms with van der Waals surface area (Å²) in [6, 6.07) is 39.5. The van der Waals surface area contributed by atoms with Crippen LogP contribution >= 0.6 is 0 Å². The molecule has 0 radical (unpaired) electrons. The van der Waals surface area contributed by atoms with Gasteiger partial charge in [-0.1, -0.05) is 305 Å². The number of hydrogen-bond acceptors (Lipinski definition) is 8. The highest BCUT2D eigenvalue weighted by Crippen LogP contribution is 2.49. The minimum Gasteiger partial charge on any atom is -0.493 e. The van der Waals surface area contributed by atoms with Crippen LogP contribution in [0.4, 0.5) is 0 Å². The van der Waals surface area contributed by atoms with Gasteiger partial charge in [0.05, 0.1) is 52.9 Å². The van der Waals surface area contributed by atoms with Crippen LogP contribution in [0.1, 0.15) is 393 Å². The predicted octanol–water partition coefficient (Wildman–Crippen LogP) is 28.4. The summed E-state index contributed by atoms with van der Waals surface area (Å²) in [7, 11) is 0. The van der Waals surface area contributed by atoms with E-state index in [1.807, 2.05) is 0 Å². The molecule has 0 N–H and O–H groups in total. The molecule has 0 saturated heterocycles. The van der Waals surface area contributed by atoms with Gasteiger partial charge in [-0.3, -0.25) is 0 Å². The van der Waals surface area contributed by atoms with Crippen molar-refractivity contribution in [1.82, 2.24) is 0 Å². The highest BCUT2D eigenvalue weighted by atomic mass is 16.5. The average molecular weight is 1600 g/mol. The zero-order chi connectivity index (χ0) is 86.4. The quantitative estimate of drug-likeness (QED) is 0.0841. The van der Waals surface area contributed by atoms with Gasteiger partial charge in [-0.05, 0) is 228 Å². The summed E-state index contributed by atoms with van der Waals surface area (Å²) in [5, 5.41) is 0. The van der Waals surface area contributed by atoms with Crippen LogP contribution in [0.5, 0.6) is 46.0 Å². The minimum absolute atomic E-state index is 0.213. The maximum Gasteiger partial charge on any atom is 0.126 e. The molecule has 0 amide bonds. The van der Waals surface area contributed by atoms with E-state index < -0.39 is 0 Å². The van der Waals surface area contributed by atoms with Crippen LogP contribution in [-0.2, 0) is 94.7 Å². The Morgan fingerprint density at radius 3 is 0.432 bits per heavy atom. The van der Waals surface area contributed by atoms with E-state index in [-0.39, 0.29) is 43.3 Å². The van der Waals surface area contributed by atoms with Gasteiger partial charge in [0.15, 0.2) is 0 Å². The molecule has 10 rings (SSSR count). The van der Waals surface area contributed by atoms with Gasteiger partial charge in [0.1, 0.15) is 46.0 Å². The summed E-state index contributed by atoms with van der Waals surface area (Å²) in [4.78, 5) is 0. The largest absolute Gasteiger partial charge is 0.493 e. The Morgan fingerprint density at radius 1 is 0.195 bits per heavy atom. The second-order valence-corrected chi connectivity index (χ2v) is 42.9. The Morgan fingerprint density at radius 2 is 0.314 bits per heavy atom. The molecular weight excluding hydrogens is 1450 g/mol. The van der Waals surface area contributed by atoms with E-state index in [0.29, 0.717) is 104 Å². The molecule has 642 valence electrons. The summed E-state index contributed by atoms with van der Waals surface area (Å²) in [5.41, 5.74) is 26.7. The van der Waals surface area contributed by atoms with Gasteiger partial charge in [-0.25, -0.2) is 0 Å². The van der Waals surface area contributed by atoms with E-state index in [4.69, 9.17) is 37.9 Å². The van der Waals surface area contributed by atoms with Crippen LogP contribution in [0.2, 0.25) is 0 Å². The molecule has 14 bridgehead atoms. The minimum atomic E-state index is -0.240. The zero-order valence-corrected chi connectivity index (χ0v) is 79.5. The molecule has 0 aliphatic carbocycles. The molecular formula is C110H154O8. The highest BCUT2D eigenvalue weighted by molar-refractivity contribution is 5.63. The lowest BCUT2D eigenvalue weighted by atomic mass is 9.79. The number of ether oxygens (including phenoxy) is 8. The third-order valence-corrected chi connectivity index (χ3v) is 23.7. The lowest BCUT2D eigenvalue weighted by Gasteiger charge is -2.29. The first-order valence-corrected chi connectivity index (χ1v) is 45.6. The Balaban J connectivity index is 1.43. The molecule has 2 aliphatic rings. The van der Waals surface area contributed by atoms with E-state index in [0.717, 1.165) is 186 Å². The first kappa shape index (κ1) is 92.4. The van der Waals surface area contributed by atoms with Crippen molar-refractivity contribution < 1.29 is 37.9 Å². The molecule has 0 unspecified atom stereocenters. The molecule has 118 heavy (non-hydrogen) atoms. The van der Waals surface area contributed by atoms with Crippen molar-refractivity contribution in [3.05, 3.63) is 231 Å². The predicted molar refractivity (Wildman–Crippen MR) is 499 cm³/mol. The number of fused-ring (bicyclic) bond motifs is 17. The van der Waals surface area contributed by atoms with E-state index in [9.17, 15) is 0 Å². The second-order valence-electron chi connectivity index (χ2n) is 42.9. The van der Waals surface area contributed by atoms with Gasteiger partial charge in [0.2, 0.25) is 0 Å². The molecule has 8 heteroatoms. The number of rotatable bonds is 18. The molecule has 2 aliphatic heterocycles. The monoisotopic (exact) mass is 1600 g/mol. The fourth-order valence-corrected chi connectivity index (χ4v) is 16.5. The number of benzene rings is 8. The Bertz CT molecular complexity index is 4240. The highest BCUT2D eigenvalue weighted by Gasteiger charge is 2.34. The van der Waals surface area contributed by atoms with Crippen molar-refractivity contribution >= 4 is 0 Å². The maximum atomic E-state index is 7.78. The standard InChI is InChI=1S/C110H154O8/c1-31-39-111-95-71-47-75-59-89(105(13,14)15)63-79(97(75)113-41-33-3)51-83-67-93(109(25,26)27)69-85-53-81-65-91(107(19,20)21)61-77(99(81)115-43-35-5)49-73-57-88(104(10,11)12)58-74(96(73)112-40-32-2)50-78-62-92(108(22,23)24)66-82(100(78)116-44-36-6)54-86-70-94(110(28,29)30)68-84(102(86)118-46-38-37-45-117-101(83)85)52-80-64-90(106(16,17)18)60-76(98(80)114-42-34-4)48-72(95)56-87(55-71)103(7,8)9/h55-70H,31-54H2,1-30H3. The molecule has 0 atom stereocenters. The third kappa shape index (κ3) is 22.8. The molecule has 8 aromatic carbocycles. The summed E-state index contributed by atoms with van der Waals surface area (Å²) in [6.07, 6.45) is 11.3. The van der Waals surface area contributed by atoms with Crippen LogP contribution in [0, 0.1) is 0 Å². The van der Waals surface area contributed by atoms with Gasteiger partial charge < -0.3 is 37.9 Å². The summed E-state index contributed by atoms with van der Waals surface area (Å²) in [6.45, 7) is 74.4. The SMILES string of the molecule is CCCOc1c2cc(C(C)(C)C)cc1Cc1cc(C(C)(C)C)cc(c1OCCC)Cc1cc(C(C)(C)C)cc3c1OCCCCOc1c(cc(C(C)(C)C)cc1Cc1cc(C(C)(C)C)cc(c1OCCC)Cc1cc(C(C)(C)C)cc(c1OCCC)Cc1cc(C(C)(C)C)cc(c1OCCC)C3)Cc1cc(C(C)(C)C)cc(c1OCCC)C2. The van der Waals surface area contributed by atoms with Gasteiger partial charge >= 0.3 is 0 Å². The van der Waals surface area contributed by atoms with Gasteiger partial charge in [0.25, 0.3) is 0 Å². The van der Waals surface area contributed by atoms with Crippen LogP contribution in [0.25, 0.3) is 0 Å². The molecule has 0 fully saturated rings. The first-order chi connectivity index (χ1) is 55.2. The van der Waals surface area contributed by atoms with E-state index in [1.165, 1.54) is 44.5 Å². The molecule has 0 spiro atoms. The maximum absolute atomic E-state index is 7.78. The second kappa shape index (κ2) is 37.7. The number of hydrogen-bond donors (Lipinski definition) is 0. The Labute approximate surface area is 716 Å². The molecule has 0 saturated carbocycles. The average Bonchev–Trinajstić information content (AvgIpc) is 0.797. The summed E-state index contributed by atoms with van der Waals surface area (Å²) in [5.74, 6) is 7.49. The smallest absolute Gasteiger partial charge is 0.126 e. The molecule has 8 aromatic rings. The first-order valence-electron chi connectivity index (χ1n) is 45.6. The van der Waals surface area contributed by atoms with Crippen molar-refractivity contribution in [2.24, 2.45) is 0 Å². The molecule has 0 aromatic heterocycles. The lowest BCUT2D eigenvalue weighted by molar-refractivity contribution is 0.261. The van der Waals surface area contributed by atoms with Gasteiger partial charge in [0, 0.05) is 51.4 Å². The van der Waals surface area contributed by atoms with Crippen molar-refractivity contribution in [3.8, 4) is 46.0 Å². The lowest BCUT2D eigenvalue weighted by Crippen LogP contribution is -2.18. The normalized spacial score (nSPS) is 14.3. The van der Waals surface area contributed by atoms with Crippen LogP contribution in [0.3, 0.4) is 0 Å². The van der Waals surface area contributed by atoms with Gasteiger partial charge in [-0.15, -0.1) is 0 Å². The fraction of sp³-hybridized carbons (Fsp3) is 0.564. The summed E-state index contributed by atoms with van der Waals surface area (Å²) < 4.78 is 60.0. The van der Waals surface area contributed by atoms with Crippen LogP contribution in [0.15, 0.2) is 97.1 Å². The molecule has 2 heterocycles. The van der Waals surface area contributed by atoms with Gasteiger partial charge in [-0.2, -0.15) is 0 Å². The third-order valence-electron chi connectivity index (χ3n) is 23.7. The Kier molecular flexibility index (Phi) is 29.5. The van der Waals surface area contributed by atoms with Crippen LogP contribution < -0.4 is 37.9 Å². The topological polar surface area (TPSA) is 73.8 Å². The molecule has 8 nitrogen and oxygen atoms in total. The van der Waals surface area contributed by atoms with Crippen molar-refractivity contribution in [2.45, 2.75) is 354 Å². The summed E-state index contributed by atoms with van der Waals surface area (Å²) >= 11 is 0.